The third kappa shape index (κ3) is 3.38. The molecule has 0 radical (unpaired) electrons. The van der Waals surface area contributed by atoms with Crippen molar-refractivity contribution in [1.29, 1.82) is 0 Å². The molecule has 15 heavy (non-hydrogen) atoms. The Morgan fingerprint density at radius 2 is 1.93 bits per heavy atom. The minimum Gasteiger partial charge on any atom is -0.238 e. The van der Waals surface area contributed by atoms with E-state index in [0.29, 0.717) is 10.0 Å². The predicted molar refractivity (Wildman–Crippen MR) is 68.1 cm³/mol. The van der Waals surface area contributed by atoms with Crippen LogP contribution in [0.15, 0.2) is 34.1 Å². The topological polar surface area (TPSA) is 12.9 Å². The largest absolute Gasteiger partial charge is 0.238 e. The molecule has 0 atom stereocenters. The Hall–Kier alpha value is -0.220. The van der Waals surface area contributed by atoms with Crippen LogP contribution in [0.2, 0.25) is 10.0 Å². The highest BCUT2D eigenvalue weighted by molar-refractivity contribution is 8.00. The van der Waals surface area contributed by atoms with E-state index in [1.54, 1.807) is 35.4 Å². The smallest absolute Gasteiger partial charge is 0.150 e. The molecule has 0 aliphatic rings. The second-order valence-corrected chi connectivity index (χ2v) is 5.85. The lowest BCUT2D eigenvalue weighted by molar-refractivity contribution is 1.24. The molecule has 78 valence electrons. The quantitative estimate of drug-likeness (QED) is 0.751. The van der Waals surface area contributed by atoms with E-state index >= 15 is 0 Å². The lowest BCUT2D eigenvalue weighted by Gasteiger charge is -2.01. The summed E-state index contributed by atoms with van der Waals surface area (Å²) < 4.78 is 1.06. The zero-order valence-electron chi connectivity index (χ0n) is 7.61. The predicted octanol–water partition coefficient (Wildman–Crippen LogP) is 4.74. The summed E-state index contributed by atoms with van der Waals surface area (Å²) in [7, 11) is 0. The standard InChI is InChI=1S/C10H7Cl2NS2/c11-8-3-7(4-9(12)5-8)6-15-10-13-1-2-14-10/h1-5H,6H2. The number of hydrogen-bond acceptors (Lipinski definition) is 3. The number of rotatable bonds is 3. The first-order chi connectivity index (χ1) is 7.24. The average Bonchev–Trinajstić information content (AvgIpc) is 2.65. The molecule has 2 aromatic rings. The van der Waals surface area contributed by atoms with Crippen molar-refractivity contribution in [2.24, 2.45) is 0 Å². The molecule has 0 aliphatic carbocycles. The van der Waals surface area contributed by atoms with E-state index in [9.17, 15) is 0 Å². The molecule has 0 saturated carbocycles. The van der Waals surface area contributed by atoms with E-state index in [2.05, 4.69) is 4.98 Å². The van der Waals surface area contributed by atoms with Gasteiger partial charge in [-0.15, -0.1) is 11.3 Å². The molecule has 0 amide bonds. The first-order valence-electron chi connectivity index (χ1n) is 4.21. The van der Waals surface area contributed by atoms with Crippen molar-refractivity contribution in [2.75, 3.05) is 0 Å². The Labute approximate surface area is 106 Å². The molecule has 1 heterocycles. The van der Waals surface area contributed by atoms with Crippen LogP contribution in [0.25, 0.3) is 0 Å². The van der Waals surface area contributed by atoms with Crippen LogP contribution < -0.4 is 0 Å². The van der Waals surface area contributed by atoms with Gasteiger partial charge in [0.1, 0.15) is 4.34 Å². The third-order valence-electron chi connectivity index (χ3n) is 1.69. The zero-order valence-corrected chi connectivity index (χ0v) is 10.8. The van der Waals surface area contributed by atoms with Crippen LogP contribution >= 0.6 is 46.3 Å². The summed E-state index contributed by atoms with van der Waals surface area (Å²) >= 11 is 15.1. The Kier molecular flexibility index (Phi) is 3.92. The molecule has 0 bridgehead atoms. The number of nitrogens with zero attached hydrogens (tertiary/aromatic N) is 1. The third-order valence-corrected chi connectivity index (χ3v) is 4.17. The number of hydrogen-bond donors (Lipinski definition) is 0. The molecule has 1 aromatic heterocycles. The second kappa shape index (κ2) is 5.21. The van der Waals surface area contributed by atoms with Crippen LogP contribution in [0.4, 0.5) is 0 Å². The van der Waals surface area contributed by atoms with Gasteiger partial charge in [-0.2, -0.15) is 0 Å². The summed E-state index contributed by atoms with van der Waals surface area (Å²) in [5.74, 6) is 0.841. The summed E-state index contributed by atoms with van der Waals surface area (Å²) in [5.41, 5.74) is 1.12. The van der Waals surface area contributed by atoms with Crippen molar-refractivity contribution in [3.8, 4) is 0 Å². The van der Waals surface area contributed by atoms with Gasteiger partial charge < -0.3 is 0 Å². The normalized spacial score (nSPS) is 10.5. The summed E-state index contributed by atoms with van der Waals surface area (Å²) in [6.07, 6.45) is 1.80. The van der Waals surface area contributed by atoms with Crippen LogP contribution in [0.1, 0.15) is 5.56 Å². The molecule has 0 unspecified atom stereocenters. The van der Waals surface area contributed by atoms with Crippen molar-refractivity contribution in [1.82, 2.24) is 4.98 Å². The van der Waals surface area contributed by atoms with E-state index in [1.807, 2.05) is 17.5 Å². The van der Waals surface area contributed by atoms with Crippen LogP contribution in [0.3, 0.4) is 0 Å². The Morgan fingerprint density at radius 1 is 1.20 bits per heavy atom. The van der Waals surface area contributed by atoms with Crippen LogP contribution in [0.5, 0.6) is 0 Å². The molecular weight excluding hydrogens is 269 g/mol. The van der Waals surface area contributed by atoms with Gasteiger partial charge in [-0.3, -0.25) is 0 Å². The van der Waals surface area contributed by atoms with Crippen molar-refractivity contribution in [3.05, 3.63) is 45.4 Å². The molecule has 1 nitrogen and oxygen atoms in total. The summed E-state index contributed by atoms with van der Waals surface area (Å²) in [6, 6.07) is 5.59. The van der Waals surface area contributed by atoms with Gasteiger partial charge in [0, 0.05) is 27.4 Å². The average molecular weight is 276 g/mol. The van der Waals surface area contributed by atoms with Crippen LogP contribution in [-0.2, 0) is 5.75 Å². The van der Waals surface area contributed by atoms with E-state index < -0.39 is 0 Å². The summed E-state index contributed by atoms with van der Waals surface area (Å²) in [6.45, 7) is 0. The van der Waals surface area contributed by atoms with E-state index in [0.717, 1.165) is 15.7 Å². The highest BCUT2D eigenvalue weighted by Crippen LogP contribution is 2.27. The van der Waals surface area contributed by atoms with E-state index in [1.165, 1.54) is 0 Å². The molecule has 0 fully saturated rings. The minimum atomic E-state index is 0.678. The number of aromatic nitrogens is 1. The van der Waals surface area contributed by atoms with Crippen LogP contribution in [-0.4, -0.2) is 4.98 Å². The fourth-order valence-electron chi connectivity index (χ4n) is 1.12. The van der Waals surface area contributed by atoms with Gasteiger partial charge in [0.25, 0.3) is 0 Å². The second-order valence-electron chi connectivity index (χ2n) is 2.86. The highest BCUT2D eigenvalue weighted by atomic mass is 35.5. The maximum Gasteiger partial charge on any atom is 0.150 e. The number of thiazole rings is 1. The van der Waals surface area contributed by atoms with Crippen molar-refractivity contribution >= 4 is 46.3 Å². The molecule has 0 aliphatic heterocycles. The van der Waals surface area contributed by atoms with Gasteiger partial charge in [0.15, 0.2) is 0 Å². The summed E-state index contributed by atoms with van der Waals surface area (Å²) in [5, 5.41) is 3.32. The van der Waals surface area contributed by atoms with Crippen LogP contribution in [0, 0.1) is 0 Å². The van der Waals surface area contributed by atoms with E-state index in [4.69, 9.17) is 23.2 Å². The number of benzene rings is 1. The van der Waals surface area contributed by atoms with Gasteiger partial charge in [0.05, 0.1) is 0 Å². The lowest BCUT2D eigenvalue weighted by Crippen LogP contribution is -1.80. The molecule has 1 aromatic carbocycles. The first kappa shape index (κ1) is 11.3. The van der Waals surface area contributed by atoms with Crippen molar-refractivity contribution in [2.45, 2.75) is 10.1 Å². The maximum atomic E-state index is 5.90. The molecule has 0 N–H and O–H groups in total. The fraction of sp³-hybridized carbons (Fsp3) is 0.100. The van der Waals surface area contributed by atoms with Gasteiger partial charge in [-0.05, 0) is 23.8 Å². The first-order valence-corrected chi connectivity index (χ1v) is 6.83. The summed E-state index contributed by atoms with van der Waals surface area (Å²) in [4.78, 5) is 4.19. The van der Waals surface area contributed by atoms with Gasteiger partial charge in [0.2, 0.25) is 0 Å². The lowest BCUT2D eigenvalue weighted by atomic mass is 10.2. The van der Waals surface area contributed by atoms with Crippen molar-refractivity contribution < 1.29 is 0 Å². The molecule has 0 spiro atoms. The zero-order chi connectivity index (χ0) is 10.7. The molecule has 0 saturated heterocycles. The molecular formula is C10H7Cl2NS2. The van der Waals surface area contributed by atoms with Gasteiger partial charge in [-0.25, -0.2) is 4.98 Å². The maximum absolute atomic E-state index is 5.90. The Morgan fingerprint density at radius 3 is 2.53 bits per heavy atom. The highest BCUT2D eigenvalue weighted by Gasteiger charge is 2.01. The van der Waals surface area contributed by atoms with Gasteiger partial charge >= 0.3 is 0 Å². The monoisotopic (exact) mass is 275 g/mol. The minimum absolute atomic E-state index is 0.678. The number of thioether (sulfide) groups is 1. The van der Waals surface area contributed by atoms with Gasteiger partial charge in [-0.1, -0.05) is 35.0 Å². The van der Waals surface area contributed by atoms with E-state index in [-0.39, 0.29) is 0 Å². The fourth-order valence-corrected chi connectivity index (χ4v) is 3.26. The Bertz CT molecular complexity index is 422. The molecule has 2 rings (SSSR count). The number of halogens is 2. The molecule has 5 heteroatoms. The Balaban J connectivity index is 2.05. The van der Waals surface area contributed by atoms with Crippen molar-refractivity contribution in [3.63, 3.8) is 0 Å². The SMILES string of the molecule is Clc1cc(Cl)cc(CSc2nccs2)c1.